The summed E-state index contributed by atoms with van der Waals surface area (Å²) in [5.41, 5.74) is 5.20. The normalized spacial score (nSPS) is 10.3. The smallest absolute Gasteiger partial charge is 0.240 e. The van der Waals surface area contributed by atoms with Gasteiger partial charge < -0.3 is 10.2 Å². The molecule has 0 aromatic heterocycles. The molecule has 0 radical (unpaired) electrons. The number of carbonyl (C=O) groups is 2. The lowest BCUT2D eigenvalue weighted by Gasteiger charge is -2.21. The average molecular weight is 324 g/mol. The van der Waals surface area contributed by atoms with Gasteiger partial charge in [0.2, 0.25) is 11.8 Å². The second-order valence-corrected chi connectivity index (χ2v) is 6.14. The van der Waals surface area contributed by atoms with Crippen LogP contribution in [0.25, 0.3) is 0 Å². The van der Waals surface area contributed by atoms with E-state index in [0.717, 1.165) is 27.9 Å². The Balaban J connectivity index is 2.03. The van der Waals surface area contributed by atoms with E-state index in [1.54, 1.807) is 0 Å². The molecule has 0 heterocycles. The molecule has 2 aromatic carbocycles. The van der Waals surface area contributed by atoms with Gasteiger partial charge in [0.25, 0.3) is 0 Å². The highest BCUT2D eigenvalue weighted by Gasteiger charge is 2.16. The van der Waals surface area contributed by atoms with Crippen LogP contribution in [0.1, 0.15) is 29.2 Å². The van der Waals surface area contributed by atoms with Crippen molar-refractivity contribution in [1.29, 1.82) is 0 Å². The minimum absolute atomic E-state index is 0.0175. The number of carbonyl (C=O) groups excluding carboxylic acids is 2. The van der Waals surface area contributed by atoms with Crippen molar-refractivity contribution in [2.75, 3.05) is 11.4 Å². The van der Waals surface area contributed by atoms with E-state index in [0.29, 0.717) is 6.54 Å². The van der Waals surface area contributed by atoms with E-state index >= 15 is 0 Å². The van der Waals surface area contributed by atoms with E-state index in [2.05, 4.69) is 5.32 Å². The molecule has 0 spiro atoms. The lowest BCUT2D eigenvalue weighted by Crippen LogP contribution is -2.39. The molecule has 2 aromatic rings. The standard InChI is InChI=1S/C20H24N2O2/c1-14-6-5-7-18(10-14)12-21-20(24)13-22(17(4)23)19-9-8-15(2)16(3)11-19/h5-11H,12-13H2,1-4H3,(H,21,24). The molecule has 126 valence electrons. The van der Waals surface area contributed by atoms with Crippen LogP contribution < -0.4 is 10.2 Å². The molecule has 2 amide bonds. The van der Waals surface area contributed by atoms with Crippen LogP contribution >= 0.6 is 0 Å². The van der Waals surface area contributed by atoms with E-state index in [4.69, 9.17) is 0 Å². The summed E-state index contributed by atoms with van der Waals surface area (Å²) < 4.78 is 0. The summed E-state index contributed by atoms with van der Waals surface area (Å²) in [6, 6.07) is 13.8. The van der Waals surface area contributed by atoms with Crippen LogP contribution in [0, 0.1) is 20.8 Å². The van der Waals surface area contributed by atoms with Crippen molar-refractivity contribution in [3.05, 3.63) is 64.7 Å². The number of hydrogen-bond donors (Lipinski definition) is 1. The number of nitrogens with zero attached hydrogens (tertiary/aromatic N) is 1. The number of amides is 2. The molecular weight excluding hydrogens is 300 g/mol. The molecule has 0 fully saturated rings. The molecule has 0 unspecified atom stereocenters. The van der Waals surface area contributed by atoms with E-state index < -0.39 is 0 Å². The topological polar surface area (TPSA) is 49.4 Å². The SMILES string of the molecule is CC(=O)N(CC(=O)NCc1cccc(C)c1)c1ccc(C)c(C)c1. The van der Waals surface area contributed by atoms with Crippen LogP contribution in [-0.2, 0) is 16.1 Å². The zero-order chi connectivity index (χ0) is 17.7. The van der Waals surface area contributed by atoms with Crippen molar-refractivity contribution in [3.8, 4) is 0 Å². The van der Waals surface area contributed by atoms with Gasteiger partial charge in [0, 0.05) is 19.2 Å². The predicted molar refractivity (Wildman–Crippen MR) is 97.0 cm³/mol. The Labute approximate surface area is 143 Å². The van der Waals surface area contributed by atoms with Gasteiger partial charge in [0.15, 0.2) is 0 Å². The van der Waals surface area contributed by atoms with Gasteiger partial charge >= 0.3 is 0 Å². The van der Waals surface area contributed by atoms with Gasteiger partial charge in [-0.15, -0.1) is 0 Å². The van der Waals surface area contributed by atoms with Crippen LogP contribution in [0.2, 0.25) is 0 Å². The summed E-state index contributed by atoms with van der Waals surface area (Å²) in [6.07, 6.45) is 0. The summed E-state index contributed by atoms with van der Waals surface area (Å²) in [5.74, 6) is -0.325. The minimum Gasteiger partial charge on any atom is -0.350 e. The Bertz CT molecular complexity index is 753. The van der Waals surface area contributed by atoms with Crippen molar-refractivity contribution in [1.82, 2.24) is 5.32 Å². The maximum absolute atomic E-state index is 12.2. The second-order valence-electron chi connectivity index (χ2n) is 6.14. The Morgan fingerprint density at radius 3 is 2.38 bits per heavy atom. The maximum Gasteiger partial charge on any atom is 0.240 e. The number of hydrogen-bond acceptors (Lipinski definition) is 2. The van der Waals surface area contributed by atoms with E-state index in [9.17, 15) is 9.59 Å². The monoisotopic (exact) mass is 324 g/mol. The minimum atomic E-state index is -0.176. The number of rotatable bonds is 5. The first-order valence-electron chi connectivity index (χ1n) is 8.04. The van der Waals surface area contributed by atoms with Crippen LogP contribution in [-0.4, -0.2) is 18.4 Å². The van der Waals surface area contributed by atoms with Crippen LogP contribution in [0.5, 0.6) is 0 Å². The quantitative estimate of drug-likeness (QED) is 0.917. The third-order valence-electron chi connectivity index (χ3n) is 4.06. The van der Waals surface area contributed by atoms with E-state index in [1.807, 2.05) is 63.2 Å². The lowest BCUT2D eigenvalue weighted by atomic mass is 10.1. The van der Waals surface area contributed by atoms with Crippen molar-refractivity contribution in [3.63, 3.8) is 0 Å². The Hall–Kier alpha value is -2.62. The Kier molecular flexibility index (Phi) is 5.74. The number of benzene rings is 2. The molecule has 0 saturated carbocycles. The van der Waals surface area contributed by atoms with Crippen LogP contribution in [0.4, 0.5) is 5.69 Å². The van der Waals surface area contributed by atoms with Gasteiger partial charge in [-0.3, -0.25) is 9.59 Å². The highest BCUT2D eigenvalue weighted by Crippen LogP contribution is 2.19. The molecule has 4 heteroatoms. The van der Waals surface area contributed by atoms with Crippen LogP contribution in [0.15, 0.2) is 42.5 Å². The highest BCUT2D eigenvalue weighted by atomic mass is 16.2. The summed E-state index contributed by atoms with van der Waals surface area (Å²) in [4.78, 5) is 25.7. The average Bonchev–Trinajstić information content (AvgIpc) is 2.53. The largest absolute Gasteiger partial charge is 0.350 e. The number of anilines is 1. The first-order chi connectivity index (χ1) is 11.4. The second kappa shape index (κ2) is 7.77. The van der Waals surface area contributed by atoms with E-state index in [-0.39, 0.29) is 18.4 Å². The molecule has 0 saturated heterocycles. The molecule has 0 aliphatic heterocycles. The summed E-state index contributed by atoms with van der Waals surface area (Å²) in [7, 11) is 0. The fourth-order valence-corrected chi connectivity index (χ4v) is 2.50. The molecule has 0 aliphatic carbocycles. The molecular formula is C20H24N2O2. The summed E-state index contributed by atoms with van der Waals surface area (Å²) in [5, 5.41) is 2.87. The molecule has 24 heavy (non-hydrogen) atoms. The molecule has 0 atom stereocenters. The zero-order valence-electron chi connectivity index (χ0n) is 14.7. The number of nitrogens with one attached hydrogen (secondary N) is 1. The van der Waals surface area contributed by atoms with Gasteiger partial charge in [-0.25, -0.2) is 0 Å². The predicted octanol–water partition coefficient (Wildman–Crippen LogP) is 3.28. The van der Waals surface area contributed by atoms with Gasteiger partial charge in [-0.1, -0.05) is 35.9 Å². The number of aryl methyl sites for hydroxylation is 3. The molecule has 4 nitrogen and oxygen atoms in total. The van der Waals surface area contributed by atoms with Crippen molar-refractivity contribution >= 4 is 17.5 Å². The highest BCUT2D eigenvalue weighted by molar-refractivity contribution is 5.97. The molecule has 2 rings (SSSR count). The van der Waals surface area contributed by atoms with Gasteiger partial charge in [-0.05, 0) is 49.6 Å². The van der Waals surface area contributed by atoms with Gasteiger partial charge in [-0.2, -0.15) is 0 Å². The molecule has 0 bridgehead atoms. The first-order valence-corrected chi connectivity index (χ1v) is 8.04. The third-order valence-corrected chi connectivity index (χ3v) is 4.06. The maximum atomic E-state index is 12.2. The van der Waals surface area contributed by atoms with Gasteiger partial charge in [0.1, 0.15) is 6.54 Å². The molecule has 1 N–H and O–H groups in total. The van der Waals surface area contributed by atoms with E-state index in [1.165, 1.54) is 11.8 Å². The van der Waals surface area contributed by atoms with Crippen molar-refractivity contribution in [2.45, 2.75) is 34.2 Å². The summed E-state index contributed by atoms with van der Waals surface area (Å²) >= 11 is 0. The molecule has 0 aliphatic rings. The third kappa shape index (κ3) is 4.69. The van der Waals surface area contributed by atoms with Gasteiger partial charge in [0.05, 0.1) is 0 Å². The van der Waals surface area contributed by atoms with Crippen molar-refractivity contribution in [2.24, 2.45) is 0 Å². The van der Waals surface area contributed by atoms with Crippen LogP contribution in [0.3, 0.4) is 0 Å². The lowest BCUT2D eigenvalue weighted by molar-refractivity contribution is -0.123. The Morgan fingerprint density at radius 1 is 1.00 bits per heavy atom. The fourth-order valence-electron chi connectivity index (χ4n) is 2.50. The zero-order valence-corrected chi connectivity index (χ0v) is 14.7. The fraction of sp³-hybridized carbons (Fsp3) is 0.300. The summed E-state index contributed by atoms with van der Waals surface area (Å²) in [6.45, 7) is 7.98. The Morgan fingerprint density at radius 2 is 1.75 bits per heavy atom. The van der Waals surface area contributed by atoms with Crippen molar-refractivity contribution < 1.29 is 9.59 Å². The first kappa shape index (κ1) is 17.7.